The highest BCUT2D eigenvalue weighted by Gasteiger charge is 2.13. The summed E-state index contributed by atoms with van der Waals surface area (Å²) in [5.41, 5.74) is 3.54. The van der Waals surface area contributed by atoms with Crippen molar-refractivity contribution in [3.63, 3.8) is 0 Å². The molecule has 2 aromatic carbocycles. The molecule has 1 amide bonds. The first-order valence-electron chi connectivity index (χ1n) is 9.68. The fourth-order valence-corrected chi connectivity index (χ4v) is 3.85. The smallest absolute Gasteiger partial charge is 0.257 e. The summed E-state index contributed by atoms with van der Waals surface area (Å²) in [6.07, 6.45) is 1.62. The van der Waals surface area contributed by atoms with E-state index in [1.807, 2.05) is 42.5 Å². The van der Waals surface area contributed by atoms with Gasteiger partial charge in [0.2, 0.25) is 0 Å². The number of anilines is 1. The predicted octanol–water partition coefficient (Wildman–Crippen LogP) is 4.23. The van der Waals surface area contributed by atoms with E-state index in [0.29, 0.717) is 41.0 Å². The van der Waals surface area contributed by atoms with Crippen molar-refractivity contribution in [3.05, 3.63) is 83.6 Å². The van der Waals surface area contributed by atoms with Crippen molar-refractivity contribution in [1.82, 2.24) is 15.3 Å². The Morgan fingerprint density at radius 2 is 1.90 bits per heavy atom. The van der Waals surface area contributed by atoms with Gasteiger partial charge in [-0.2, -0.15) is 5.26 Å². The SMILES string of the molecule is N#Cc1cccnc1NCCNC(=O)c1ccccc1CSc1nc2ccccc2o1. The molecule has 0 aliphatic carbocycles. The maximum Gasteiger partial charge on any atom is 0.257 e. The molecule has 7 nitrogen and oxygen atoms in total. The Bertz CT molecular complexity index is 1210. The number of rotatable bonds is 8. The fraction of sp³-hybridized carbons (Fsp3) is 0.130. The molecule has 31 heavy (non-hydrogen) atoms. The summed E-state index contributed by atoms with van der Waals surface area (Å²) in [6, 6.07) is 20.6. The van der Waals surface area contributed by atoms with Crippen molar-refractivity contribution in [2.45, 2.75) is 11.0 Å². The van der Waals surface area contributed by atoms with E-state index in [0.717, 1.165) is 16.7 Å². The van der Waals surface area contributed by atoms with Crippen LogP contribution in [0.5, 0.6) is 0 Å². The van der Waals surface area contributed by atoms with Crippen LogP contribution in [0.15, 0.2) is 76.5 Å². The average Bonchev–Trinajstić information content (AvgIpc) is 3.24. The van der Waals surface area contributed by atoms with E-state index in [1.54, 1.807) is 24.4 Å². The number of para-hydroxylation sites is 2. The number of nitrogens with zero attached hydrogens (tertiary/aromatic N) is 3. The van der Waals surface area contributed by atoms with Crippen LogP contribution in [0.25, 0.3) is 11.1 Å². The van der Waals surface area contributed by atoms with Gasteiger partial charge in [-0.15, -0.1) is 0 Å². The number of oxazole rings is 1. The topological polar surface area (TPSA) is 104 Å². The summed E-state index contributed by atoms with van der Waals surface area (Å²) in [5, 5.41) is 15.7. The van der Waals surface area contributed by atoms with Gasteiger partial charge in [0.1, 0.15) is 17.4 Å². The van der Waals surface area contributed by atoms with Gasteiger partial charge in [0, 0.05) is 30.6 Å². The van der Waals surface area contributed by atoms with Gasteiger partial charge in [0.05, 0.1) is 5.56 Å². The molecule has 4 rings (SSSR count). The Labute approximate surface area is 183 Å². The summed E-state index contributed by atoms with van der Waals surface area (Å²) in [4.78, 5) is 21.3. The first-order valence-corrected chi connectivity index (χ1v) is 10.7. The summed E-state index contributed by atoms with van der Waals surface area (Å²) < 4.78 is 5.74. The molecule has 0 saturated carbocycles. The number of amides is 1. The van der Waals surface area contributed by atoms with Gasteiger partial charge in [-0.25, -0.2) is 9.97 Å². The number of fused-ring (bicyclic) bond motifs is 1. The quantitative estimate of drug-likeness (QED) is 0.319. The van der Waals surface area contributed by atoms with E-state index >= 15 is 0 Å². The zero-order valence-corrected chi connectivity index (χ0v) is 17.4. The van der Waals surface area contributed by atoms with E-state index in [4.69, 9.17) is 9.68 Å². The minimum atomic E-state index is -0.155. The Morgan fingerprint density at radius 3 is 2.77 bits per heavy atom. The second-order valence-electron chi connectivity index (χ2n) is 6.59. The largest absolute Gasteiger partial charge is 0.431 e. The van der Waals surface area contributed by atoms with Crippen LogP contribution in [0, 0.1) is 11.3 Å². The third-order valence-corrected chi connectivity index (χ3v) is 5.40. The minimum Gasteiger partial charge on any atom is -0.431 e. The highest BCUT2D eigenvalue weighted by atomic mass is 32.2. The maximum atomic E-state index is 12.7. The molecule has 0 aliphatic heterocycles. The molecule has 0 radical (unpaired) electrons. The van der Waals surface area contributed by atoms with Crippen molar-refractivity contribution in [3.8, 4) is 6.07 Å². The normalized spacial score (nSPS) is 10.5. The molecule has 2 heterocycles. The number of nitrogens with one attached hydrogen (secondary N) is 2. The van der Waals surface area contributed by atoms with Crippen LogP contribution in [0.3, 0.4) is 0 Å². The van der Waals surface area contributed by atoms with Crippen molar-refractivity contribution in [2.75, 3.05) is 18.4 Å². The molecular weight excluding hydrogens is 410 g/mol. The molecule has 0 saturated heterocycles. The number of pyridine rings is 1. The molecule has 0 atom stereocenters. The first kappa shape index (κ1) is 20.4. The van der Waals surface area contributed by atoms with Crippen molar-refractivity contribution in [2.24, 2.45) is 0 Å². The number of hydrogen-bond acceptors (Lipinski definition) is 7. The number of carbonyl (C=O) groups excluding carboxylic acids is 1. The van der Waals surface area contributed by atoms with Crippen LogP contribution in [-0.2, 0) is 5.75 Å². The Kier molecular flexibility index (Phi) is 6.45. The first-order chi connectivity index (χ1) is 15.2. The van der Waals surface area contributed by atoms with Gasteiger partial charge in [0.15, 0.2) is 5.58 Å². The minimum absolute atomic E-state index is 0.155. The van der Waals surface area contributed by atoms with Gasteiger partial charge >= 0.3 is 0 Å². The average molecular weight is 430 g/mol. The number of nitriles is 1. The van der Waals surface area contributed by atoms with Crippen LogP contribution >= 0.6 is 11.8 Å². The molecule has 0 spiro atoms. The van der Waals surface area contributed by atoms with E-state index in [2.05, 4.69) is 26.7 Å². The molecule has 0 bridgehead atoms. The number of benzene rings is 2. The van der Waals surface area contributed by atoms with Crippen molar-refractivity contribution < 1.29 is 9.21 Å². The van der Waals surface area contributed by atoms with E-state index in [1.165, 1.54) is 11.8 Å². The highest BCUT2D eigenvalue weighted by Crippen LogP contribution is 2.27. The van der Waals surface area contributed by atoms with Gasteiger partial charge in [-0.1, -0.05) is 42.1 Å². The lowest BCUT2D eigenvalue weighted by Gasteiger charge is -2.11. The lowest BCUT2D eigenvalue weighted by molar-refractivity contribution is 0.0954. The molecular formula is C23H19N5O2S. The molecule has 0 fully saturated rings. The van der Waals surface area contributed by atoms with Crippen LogP contribution < -0.4 is 10.6 Å². The van der Waals surface area contributed by atoms with E-state index in [-0.39, 0.29) is 5.91 Å². The van der Waals surface area contributed by atoms with Gasteiger partial charge in [0.25, 0.3) is 11.1 Å². The van der Waals surface area contributed by atoms with Crippen LogP contribution in [0.4, 0.5) is 5.82 Å². The lowest BCUT2D eigenvalue weighted by atomic mass is 10.1. The van der Waals surface area contributed by atoms with Crippen molar-refractivity contribution >= 4 is 34.6 Å². The molecule has 0 unspecified atom stereocenters. The second-order valence-corrected chi connectivity index (χ2v) is 7.51. The highest BCUT2D eigenvalue weighted by molar-refractivity contribution is 7.98. The summed E-state index contributed by atoms with van der Waals surface area (Å²) in [6.45, 7) is 0.851. The molecule has 2 N–H and O–H groups in total. The Morgan fingerprint density at radius 1 is 1.06 bits per heavy atom. The molecule has 2 aromatic heterocycles. The maximum absolute atomic E-state index is 12.7. The molecule has 4 aromatic rings. The van der Waals surface area contributed by atoms with Crippen LogP contribution in [-0.4, -0.2) is 29.0 Å². The standard InChI is InChI=1S/C23H19N5O2S/c24-14-16-7-5-11-25-21(16)26-12-13-27-22(29)18-8-2-1-6-17(18)15-31-23-28-19-9-3-4-10-20(19)30-23/h1-11H,12-13,15H2,(H,25,26)(H,27,29). The number of carbonyl (C=O) groups is 1. The zero-order chi connectivity index (χ0) is 21.5. The molecule has 8 heteroatoms. The molecule has 0 aliphatic rings. The third-order valence-electron chi connectivity index (χ3n) is 4.52. The second kappa shape index (κ2) is 9.78. The van der Waals surface area contributed by atoms with Gasteiger partial charge < -0.3 is 15.1 Å². The monoisotopic (exact) mass is 429 g/mol. The Hall–Kier alpha value is -3.83. The number of thioether (sulfide) groups is 1. The summed E-state index contributed by atoms with van der Waals surface area (Å²) in [7, 11) is 0. The van der Waals surface area contributed by atoms with Gasteiger partial charge in [-0.05, 0) is 35.9 Å². The summed E-state index contributed by atoms with van der Waals surface area (Å²) >= 11 is 1.45. The van der Waals surface area contributed by atoms with E-state index < -0.39 is 0 Å². The number of aromatic nitrogens is 2. The summed E-state index contributed by atoms with van der Waals surface area (Å²) in [5.74, 6) is 0.917. The number of hydrogen-bond donors (Lipinski definition) is 2. The van der Waals surface area contributed by atoms with Gasteiger partial charge in [-0.3, -0.25) is 4.79 Å². The fourth-order valence-electron chi connectivity index (χ4n) is 3.01. The Balaban J connectivity index is 1.34. The van der Waals surface area contributed by atoms with E-state index in [9.17, 15) is 4.79 Å². The van der Waals surface area contributed by atoms with Crippen LogP contribution in [0.1, 0.15) is 21.5 Å². The van der Waals surface area contributed by atoms with Crippen LogP contribution in [0.2, 0.25) is 0 Å². The predicted molar refractivity (Wildman–Crippen MR) is 120 cm³/mol. The lowest BCUT2D eigenvalue weighted by Crippen LogP contribution is -2.29. The van der Waals surface area contributed by atoms with Crippen molar-refractivity contribution in [1.29, 1.82) is 5.26 Å². The third kappa shape index (κ3) is 5.02. The molecule has 154 valence electrons. The zero-order valence-electron chi connectivity index (χ0n) is 16.5.